The molecular weight excluding hydrogens is 294 g/mol. The van der Waals surface area contributed by atoms with E-state index in [4.69, 9.17) is 26.8 Å². The maximum absolute atomic E-state index is 5.98. The molecule has 2 rings (SSSR count). The largest absolute Gasteiger partial charge is 0.493 e. The molecule has 0 saturated heterocycles. The topological polar surface area (TPSA) is 44.5 Å². The van der Waals surface area contributed by atoms with Crippen LogP contribution in [0.2, 0.25) is 5.02 Å². The molecule has 0 aromatic heterocycles. The van der Waals surface area contributed by atoms with Gasteiger partial charge in [0.25, 0.3) is 0 Å². The Bertz CT molecular complexity index is 578. The summed E-state index contributed by atoms with van der Waals surface area (Å²) in [6.45, 7) is 0.590. The van der Waals surface area contributed by atoms with Crippen molar-refractivity contribution in [1.29, 1.82) is 0 Å². The summed E-state index contributed by atoms with van der Waals surface area (Å²) in [5, 5.41) is 0.584. The monoisotopic (exact) mass is 309 g/mol. The van der Waals surface area contributed by atoms with Gasteiger partial charge in [0.05, 0.1) is 24.4 Å². The molecule has 0 bridgehead atoms. The molecule has 0 fully saturated rings. The van der Waals surface area contributed by atoms with Crippen molar-refractivity contribution in [1.82, 2.24) is 0 Å². The van der Waals surface area contributed by atoms with Crippen molar-refractivity contribution in [3.8, 4) is 11.5 Å². The summed E-state index contributed by atoms with van der Waals surface area (Å²) in [6, 6.07) is 13.2. The fraction of sp³-hybridized carbons (Fsp3) is 0.200. The minimum absolute atomic E-state index is 0.584. The molecule has 0 atom stereocenters. The van der Waals surface area contributed by atoms with Gasteiger partial charge >= 0.3 is 0 Å². The summed E-state index contributed by atoms with van der Waals surface area (Å²) >= 11 is 7.65. The van der Waals surface area contributed by atoms with Crippen LogP contribution in [0.1, 0.15) is 0 Å². The molecule has 0 heterocycles. The molecule has 0 amide bonds. The van der Waals surface area contributed by atoms with Gasteiger partial charge in [-0.1, -0.05) is 23.7 Å². The van der Waals surface area contributed by atoms with Crippen LogP contribution < -0.4 is 15.2 Å². The van der Waals surface area contributed by atoms with Crippen molar-refractivity contribution < 1.29 is 9.47 Å². The van der Waals surface area contributed by atoms with E-state index in [2.05, 4.69) is 0 Å². The predicted molar refractivity (Wildman–Crippen MR) is 85.1 cm³/mol. The Morgan fingerprint density at radius 3 is 2.60 bits per heavy atom. The third kappa shape index (κ3) is 3.99. The van der Waals surface area contributed by atoms with E-state index in [-0.39, 0.29) is 0 Å². The Balaban J connectivity index is 1.83. The molecule has 3 nitrogen and oxygen atoms in total. The molecule has 0 saturated carbocycles. The van der Waals surface area contributed by atoms with Crippen LogP contribution in [0.15, 0.2) is 47.4 Å². The van der Waals surface area contributed by atoms with E-state index in [9.17, 15) is 0 Å². The van der Waals surface area contributed by atoms with E-state index in [1.165, 1.54) is 0 Å². The highest BCUT2D eigenvalue weighted by Crippen LogP contribution is 2.28. The van der Waals surface area contributed by atoms with Gasteiger partial charge in [0.2, 0.25) is 0 Å². The number of thioether (sulfide) groups is 1. The van der Waals surface area contributed by atoms with Crippen LogP contribution in [-0.2, 0) is 0 Å². The number of rotatable bonds is 6. The van der Waals surface area contributed by atoms with Crippen LogP contribution >= 0.6 is 23.4 Å². The fourth-order valence-electron chi connectivity index (χ4n) is 1.65. The fourth-order valence-corrected chi connectivity index (χ4v) is 2.66. The second-order valence-corrected chi connectivity index (χ2v) is 5.61. The minimum atomic E-state index is 0.584. The van der Waals surface area contributed by atoms with Gasteiger partial charge in [0.1, 0.15) is 0 Å². The van der Waals surface area contributed by atoms with Crippen LogP contribution in [-0.4, -0.2) is 19.5 Å². The minimum Gasteiger partial charge on any atom is -0.493 e. The van der Waals surface area contributed by atoms with Gasteiger partial charge in [-0.25, -0.2) is 0 Å². The molecule has 106 valence electrons. The second kappa shape index (κ2) is 7.31. The number of nitrogen functional groups attached to an aromatic ring is 1. The molecular formula is C15H16ClNO2S. The highest BCUT2D eigenvalue weighted by molar-refractivity contribution is 7.99. The average Bonchev–Trinajstić information content (AvgIpc) is 2.47. The molecule has 0 radical (unpaired) electrons. The van der Waals surface area contributed by atoms with Crippen molar-refractivity contribution in [3.63, 3.8) is 0 Å². The predicted octanol–water partition coefficient (Wildman–Crippen LogP) is 4.10. The number of nitrogens with two attached hydrogens (primary N) is 1. The lowest BCUT2D eigenvalue weighted by Gasteiger charge is -2.10. The molecule has 5 heteroatoms. The summed E-state index contributed by atoms with van der Waals surface area (Å²) < 4.78 is 10.9. The van der Waals surface area contributed by atoms with Gasteiger partial charge in [-0.2, -0.15) is 0 Å². The maximum Gasteiger partial charge on any atom is 0.161 e. The Labute approximate surface area is 128 Å². The number of hydrogen-bond acceptors (Lipinski definition) is 4. The van der Waals surface area contributed by atoms with E-state index in [1.807, 2.05) is 42.5 Å². The van der Waals surface area contributed by atoms with Crippen LogP contribution in [0.25, 0.3) is 0 Å². The molecule has 2 aromatic rings. The van der Waals surface area contributed by atoms with Gasteiger partial charge in [-0.3, -0.25) is 0 Å². The number of anilines is 1. The first-order chi connectivity index (χ1) is 9.70. The van der Waals surface area contributed by atoms with E-state index in [1.54, 1.807) is 18.9 Å². The second-order valence-electron chi connectivity index (χ2n) is 4.03. The van der Waals surface area contributed by atoms with Gasteiger partial charge in [-0.05, 0) is 30.3 Å². The quantitative estimate of drug-likeness (QED) is 0.495. The van der Waals surface area contributed by atoms with E-state index in [0.717, 1.165) is 22.1 Å². The average molecular weight is 310 g/mol. The molecule has 2 N–H and O–H groups in total. The zero-order chi connectivity index (χ0) is 14.4. The molecule has 20 heavy (non-hydrogen) atoms. The van der Waals surface area contributed by atoms with Crippen LogP contribution in [0.3, 0.4) is 0 Å². The smallest absolute Gasteiger partial charge is 0.161 e. The lowest BCUT2D eigenvalue weighted by Crippen LogP contribution is -2.01. The van der Waals surface area contributed by atoms with Gasteiger partial charge in [0.15, 0.2) is 11.5 Å². The lowest BCUT2D eigenvalue weighted by molar-refractivity contribution is 0.313. The number of para-hydroxylation sites is 2. The molecule has 0 aliphatic rings. The first-order valence-corrected chi connectivity index (χ1v) is 7.50. The molecule has 0 spiro atoms. The highest BCUT2D eigenvalue weighted by atomic mass is 35.5. The number of benzene rings is 2. The standard InChI is InChI=1S/C15H16ClNO2S/c1-18-14-4-2-3-5-15(14)19-8-9-20-11-6-7-13(17)12(16)10-11/h2-7,10H,8-9,17H2,1H3. The van der Waals surface area contributed by atoms with Gasteiger partial charge in [0, 0.05) is 10.6 Å². The van der Waals surface area contributed by atoms with E-state index >= 15 is 0 Å². The summed E-state index contributed by atoms with van der Waals surface area (Å²) in [4.78, 5) is 1.08. The Morgan fingerprint density at radius 1 is 1.15 bits per heavy atom. The first-order valence-electron chi connectivity index (χ1n) is 6.14. The van der Waals surface area contributed by atoms with Crippen molar-refractivity contribution in [2.75, 3.05) is 25.2 Å². The van der Waals surface area contributed by atoms with Crippen LogP contribution in [0, 0.1) is 0 Å². The number of halogens is 1. The van der Waals surface area contributed by atoms with Gasteiger partial charge in [-0.15, -0.1) is 11.8 Å². The summed E-state index contributed by atoms with van der Waals surface area (Å²) in [5.41, 5.74) is 6.27. The number of methoxy groups -OCH3 is 1. The van der Waals surface area contributed by atoms with Crippen molar-refractivity contribution >= 4 is 29.1 Å². The Hall–Kier alpha value is -1.52. The maximum atomic E-state index is 5.98. The Kier molecular flexibility index (Phi) is 5.44. The van der Waals surface area contributed by atoms with Crippen LogP contribution in [0.4, 0.5) is 5.69 Å². The van der Waals surface area contributed by atoms with Crippen molar-refractivity contribution in [2.24, 2.45) is 0 Å². The summed E-state index contributed by atoms with van der Waals surface area (Å²) in [7, 11) is 1.63. The molecule has 0 aliphatic carbocycles. The third-order valence-corrected chi connectivity index (χ3v) is 3.94. The normalized spacial score (nSPS) is 10.3. The third-order valence-electron chi connectivity index (χ3n) is 2.65. The molecule has 2 aromatic carbocycles. The number of hydrogen-bond donors (Lipinski definition) is 1. The van der Waals surface area contributed by atoms with Crippen molar-refractivity contribution in [3.05, 3.63) is 47.5 Å². The van der Waals surface area contributed by atoms with Gasteiger partial charge < -0.3 is 15.2 Å². The summed E-state index contributed by atoms with van der Waals surface area (Å²) in [6.07, 6.45) is 0. The Morgan fingerprint density at radius 2 is 1.90 bits per heavy atom. The van der Waals surface area contributed by atoms with E-state index in [0.29, 0.717) is 17.3 Å². The zero-order valence-corrected chi connectivity index (χ0v) is 12.7. The van der Waals surface area contributed by atoms with E-state index < -0.39 is 0 Å². The SMILES string of the molecule is COc1ccccc1OCCSc1ccc(N)c(Cl)c1. The highest BCUT2D eigenvalue weighted by Gasteiger charge is 2.03. The first kappa shape index (κ1) is 14.9. The molecule has 0 aliphatic heterocycles. The van der Waals surface area contributed by atoms with Crippen molar-refractivity contribution in [2.45, 2.75) is 4.90 Å². The number of ether oxygens (including phenoxy) is 2. The zero-order valence-electron chi connectivity index (χ0n) is 11.1. The van der Waals surface area contributed by atoms with Crippen LogP contribution in [0.5, 0.6) is 11.5 Å². The summed E-state index contributed by atoms with van der Waals surface area (Å²) in [5.74, 6) is 2.32. The molecule has 0 unspecified atom stereocenters. The lowest BCUT2D eigenvalue weighted by atomic mass is 10.3.